The lowest BCUT2D eigenvalue weighted by Gasteiger charge is -2.33. The SMILES string of the molecule is C=CCN1C(=O)C(C)Oc2ccc(C(O)C3CCCN3)cc21. The van der Waals surface area contributed by atoms with Gasteiger partial charge in [0.15, 0.2) is 6.10 Å². The first-order chi connectivity index (χ1) is 10.6. The van der Waals surface area contributed by atoms with Gasteiger partial charge < -0.3 is 20.1 Å². The summed E-state index contributed by atoms with van der Waals surface area (Å²) >= 11 is 0. The van der Waals surface area contributed by atoms with Crippen molar-refractivity contribution in [2.45, 2.75) is 38.0 Å². The Morgan fingerprint density at radius 3 is 3.09 bits per heavy atom. The summed E-state index contributed by atoms with van der Waals surface area (Å²) in [5, 5.41) is 13.8. The molecule has 1 fully saturated rings. The van der Waals surface area contributed by atoms with Crippen LogP contribution in [0.2, 0.25) is 0 Å². The second-order valence-electron chi connectivity index (χ2n) is 5.87. The van der Waals surface area contributed by atoms with Crippen molar-refractivity contribution in [2.24, 2.45) is 0 Å². The topological polar surface area (TPSA) is 61.8 Å². The third-order valence-corrected chi connectivity index (χ3v) is 4.32. The molecule has 0 radical (unpaired) electrons. The molecule has 0 saturated carbocycles. The van der Waals surface area contributed by atoms with Crippen molar-refractivity contribution in [1.82, 2.24) is 5.32 Å². The average molecular weight is 302 g/mol. The van der Waals surface area contributed by atoms with Gasteiger partial charge in [0.25, 0.3) is 5.91 Å². The summed E-state index contributed by atoms with van der Waals surface area (Å²) in [4.78, 5) is 14.0. The highest BCUT2D eigenvalue weighted by Gasteiger charge is 2.32. The largest absolute Gasteiger partial charge is 0.479 e. The van der Waals surface area contributed by atoms with Crippen LogP contribution in [0.4, 0.5) is 5.69 Å². The lowest BCUT2D eigenvalue weighted by atomic mass is 9.99. The van der Waals surface area contributed by atoms with E-state index in [4.69, 9.17) is 4.74 Å². The molecule has 2 aliphatic rings. The van der Waals surface area contributed by atoms with Crippen LogP contribution in [0, 0.1) is 0 Å². The van der Waals surface area contributed by atoms with Gasteiger partial charge in [-0.1, -0.05) is 12.1 Å². The summed E-state index contributed by atoms with van der Waals surface area (Å²) < 4.78 is 5.66. The van der Waals surface area contributed by atoms with Crippen molar-refractivity contribution in [2.75, 3.05) is 18.0 Å². The van der Waals surface area contributed by atoms with E-state index in [1.54, 1.807) is 17.9 Å². The van der Waals surface area contributed by atoms with Gasteiger partial charge in [-0.05, 0) is 44.0 Å². The van der Waals surface area contributed by atoms with Gasteiger partial charge in [-0.25, -0.2) is 0 Å². The van der Waals surface area contributed by atoms with Crippen LogP contribution in [0.25, 0.3) is 0 Å². The zero-order valence-electron chi connectivity index (χ0n) is 12.8. The minimum absolute atomic E-state index is 0.0741. The number of amides is 1. The van der Waals surface area contributed by atoms with Crippen molar-refractivity contribution in [3.63, 3.8) is 0 Å². The molecule has 3 rings (SSSR count). The number of carbonyl (C=O) groups excluding carboxylic acids is 1. The molecule has 0 aromatic heterocycles. The smallest absolute Gasteiger partial charge is 0.268 e. The number of nitrogens with one attached hydrogen (secondary N) is 1. The van der Waals surface area contributed by atoms with Crippen molar-refractivity contribution >= 4 is 11.6 Å². The lowest BCUT2D eigenvalue weighted by molar-refractivity contribution is -0.125. The van der Waals surface area contributed by atoms with Gasteiger partial charge in [-0.2, -0.15) is 0 Å². The summed E-state index contributed by atoms with van der Waals surface area (Å²) in [6.07, 6.45) is 2.66. The number of nitrogens with zero attached hydrogens (tertiary/aromatic N) is 1. The zero-order chi connectivity index (χ0) is 15.7. The molecule has 2 N–H and O–H groups in total. The fraction of sp³-hybridized carbons (Fsp3) is 0.471. The van der Waals surface area contributed by atoms with E-state index >= 15 is 0 Å². The number of fused-ring (bicyclic) bond motifs is 1. The van der Waals surface area contributed by atoms with Crippen molar-refractivity contribution in [3.05, 3.63) is 36.4 Å². The molecule has 3 unspecified atom stereocenters. The van der Waals surface area contributed by atoms with Crippen LogP contribution in [-0.4, -0.2) is 36.2 Å². The van der Waals surface area contributed by atoms with Crippen molar-refractivity contribution in [1.29, 1.82) is 0 Å². The van der Waals surface area contributed by atoms with E-state index in [1.165, 1.54) is 0 Å². The Morgan fingerprint density at radius 2 is 2.41 bits per heavy atom. The maximum Gasteiger partial charge on any atom is 0.268 e. The zero-order valence-corrected chi connectivity index (χ0v) is 12.8. The predicted molar refractivity (Wildman–Crippen MR) is 85.1 cm³/mol. The molecule has 0 aliphatic carbocycles. The highest BCUT2D eigenvalue weighted by Crippen LogP contribution is 2.37. The standard InChI is InChI=1S/C17H22N2O3/c1-3-9-19-14-10-12(16(20)13-5-4-8-18-13)6-7-15(14)22-11(2)17(19)21/h3,6-7,10-11,13,16,18,20H,1,4-5,8-9H2,2H3. The van der Waals surface area contributed by atoms with Gasteiger partial charge in [0, 0.05) is 12.6 Å². The Morgan fingerprint density at radius 1 is 1.59 bits per heavy atom. The van der Waals surface area contributed by atoms with E-state index in [-0.39, 0.29) is 11.9 Å². The minimum Gasteiger partial charge on any atom is -0.479 e. The number of hydrogen-bond donors (Lipinski definition) is 2. The molecular weight excluding hydrogens is 280 g/mol. The Kier molecular flexibility index (Phi) is 4.18. The molecule has 5 nitrogen and oxygen atoms in total. The number of benzene rings is 1. The molecular formula is C17H22N2O3. The van der Waals surface area contributed by atoms with Crippen LogP contribution in [0.5, 0.6) is 5.75 Å². The number of anilines is 1. The fourth-order valence-electron chi connectivity index (χ4n) is 3.14. The molecule has 118 valence electrons. The lowest BCUT2D eigenvalue weighted by Crippen LogP contribution is -2.44. The Hall–Kier alpha value is -1.85. The fourth-order valence-corrected chi connectivity index (χ4v) is 3.14. The van der Waals surface area contributed by atoms with Gasteiger partial charge in [0.05, 0.1) is 11.8 Å². The number of aliphatic hydroxyl groups excluding tert-OH is 1. The molecule has 2 aliphatic heterocycles. The maximum absolute atomic E-state index is 12.3. The van der Waals surface area contributed by atoms with Crippen LogP contribution in [0.1, 0.15) is 31.4 Å². The Bertz CT molecular complexity index is 581. The molecule has 1 aromatic rings. The van der Waals surface area contributed by atoms with E-state index in [0.717, 1.165) is 24.9 Å². The summed E-state index contributed by atoms with van der Waals surface area (Å²) in [6, 6.07) is 5.64. The average Bonchev–Trinajstić information content (AvgIpc) is 3.05. The first-order valence-electron chi connectivity index (χ1n) is 7.76. The van der Waals surface area contributed by atoms with Gasteiger partial charge in [0.2, 0.25) is 0 Å². The summed E-state index contributed by atoms with van der Waals surface area (Å²) in [5.41, 5.74) is 1.51. The Balaban J connectivity index is 1.93. The second-order valence-corrected chi connectivity index (χ2v) is 5.87. The molecule has 3 atom stereocenters. The minimum atomic E-state index is -0.576. The van der Waals surface area contributed by atoms with E-state index in [0.29, 0.717) is 18.0 Å². The molecule has 1 saturated heterocycles. The third kappa shape index (κ3) is 2.62. The monoisotopic (exact) mass is 302 g/mol. The normalized spacial score (nSPS) is 25.5. The van der Waals surface area contributed by atoms with Crippen LogP contribution in [0.3, 0.4) is 0 Å². The van der Waals surface area contributed by atoms with Crippen molar-refractivity contribution < 1.29 is 14.6 Å². The van der Waals surface area contributed by atoms with Crippen LogP contribution in [0.15, 0.2) is 30.9 Å². The van der Waals surface area contributed by atoms with Gasteiger partial charge in [0.1, 0.15) is 5.75 Å². The summed E-state index contributed by atoms with van der Waals surface area (Å²) in [5.74, 6) is 0.585. The van der Waals surface area contributed by atoms with Gasteiger partial charge in [-0.15, -0.1) is 6.58 Å². The number of rotatable bonds is 4. The molecule has 2 heterocycles. The molecule has 0 bridgehead atoms. The van der Waals surface area contributed by atoms with E-state index in [9.17, 15) is 9.90 Å². The summed E-state index contributed by atoms with van der Waals surface area (Å²) in [6.45, 7) is 6.83. The van der Waals surface area contributed by atoms with Crippen LogP contribution < -0.4 is 15.0 Å². The molecule has 5 heteroatoms. The Labute approximate surface area is 130 Å². The quantitative estimate of drug-likeness (QED) is 0.832. The molecule has 1 amide bonds. The highest BCUT2D eigenvalue weighted by atomic mass is 16.5. The predicted octanol–water partition coefficient (Wildman–Crippen LogP) is 1.77. The summed E-state index contributed by atoms with van der Waals surface area (Å²) in [7, 11) is 0. The van der Waals surface area contributed by atoms with Crippen LogP contribution >= 0.6 is 0 Å². The molecule has 1 aromatic carbocycles. The second kappa shape index (κ2) is 6.10. The van der Waals surface area contributed by atoms with Crippen molar-refractivity contribution in [3.8, 4) is 5.75 Å². The van der Waals surface area contributed by atoms with Gasteiger partial charge in [-0.3, -0.25) is 4.79 Å². The highest BCUT2D eigenvalue weighted by molar-refractivity contribution is 6.00. The number of hydrogen-bond acceptors (Lipinski definition) is 4. The first kappa shape index (κ1) is 15.1. The third-order valence-electron chi connectivity index (χ3n) is 4.32. The van der Waals surface area contributed by atoms with Crippen LogP contribution in [-0.2, 0) is 4.79 Å². The number of carbonyl (C=O) groups is 1. The number of ether oxygens (including phenoxy) is 1. The van der Waals surface area contributed by atoms with E-state index in [2.05, 4.69) is 11.9 Å². The van der Waals surface area contributed by atoms with Gasteiger partial charge >= 0.3 is 0 Å². The number of aliphatic hydroxyl groups is 1. The molecule has 22 heavy (non-hydrogen) atoms. The van der Waals surface area contributed by atoms with E-state index < -0.39 is 12.2 Å². The van der Waals surface area contributed by atoms with E-state index in [1.807, 2.05) is 18.2 Å². The molecule has 0 spiro atoms. The maximum atomic E-state index is 12.3. The first-order valence-corrected chi connectivity index (χ1v) is 7.76.